The fourth-order valence-corrected chi connectivity index (χ4v) is 4.21. The lowest BCUT2D eigenvalue weighted by molar-refractivity contribution is -0.137. The number of benzene rings is 2. The minimum atomic E-state index is -4.72. The topological polar surface area (TPSA) is 40.6 Å². The number of rotatable bonds is 5. The Morgan fingerprint density at radius 3 is 2.03 bits per heavy atom. The Balaban J connectivity index is 1.66. The number of hydrogen-bond donors (Lipinski definition) is 0. The lowest BCUT2D eigenvalue weighted by Crippen LogP contribution is -2.46. The van der Waals surface area contributed by atoms with Crippen molar-refractivity contribution < 1.29 is 30.4 Å². The van der Waals surface area contributed by atoms with Gasteiger partial charge in [0.2, 0.25) is 9.84 Å². The van der Waals surface area contributed by atoms with Crippen molar-refractivity contribution in [2.75, 3.05) is 31.1 Å². The molecule has 0 radical (unpaired) electrons. The number of sulfone groups is 1. The first-order valence-corrected chi connectivity index (χ1v) is 10.4. The molecule has 1 aliphatic rings. The molecule has 1 heterocycles. The number of alkyl halides is 5. The van der Waals surface area contributed by atoms with E-state index in [1.165, 1.54) is 30.3 Å². The molecular formula is C19H19F5N2O2S. The zero-order chi connectivity index (χ0) is 21.2. The quantitative estimate of drug-likeness (QED) is 0.667. The van der Waals surface area contributed by atoms with Crippen LogP contribution in [-0.4, -0.2) is 45.3 Å². The maximum Gasteiger partial charge on any atom is 0.416 e. The Labute approximate surface area is 165 Å². The lowest BCUT2D eigenvalue weighted by Gasteiger charge is -2.36. The van der Waals surface area contributed by atoms with Crippen LogP contribution in [0.3, 0.4) is 0 Å². The van der Waals surface area contributed by atoms with E-state index in [-0.39, 0.29) is 5.69 Å². The van der Waals surface area contributed by atoms with Gasteiger partial charge in [0, 0.05) is 32.7 Å². The van der Waals surface area contributed by atoms with Crippen LogP contribution in [0.5, 0.6) is 0 Å². The summed E-state index contributed by atoms with van der Waals surface area (Å²) in [5, 5.41) is 0. The average Bonchev–Trinajstić information content (AvgIpc) is 2.68. The predicted octanol–water partition coefficient (Wildman–Crippen LogP) is 4.02. The molecule has 2 aromatic rings. The van der Waals surface area contributed by atoms with Gasteiger partial charge in [0.05, 0.1) is 16.1 Å². The van der Waals surface area contributed by atoms with E-state index in [1.807, 2.05) is 4.90 Å². The normalized spacial score (nSPS) is 16.4. The van der Waals surface area contributed by atoms with Crippen LogP contribution in [-0.2, 0) is 22.6 Å². The van der Waals surface area contributed by atoms with Crippen molar-refractivity contribution in [3.63, 3.8) is 0 Å². The van der Waals surface area contributed by atoms with E-state index in [2.05, 4.69) is 0 Å². The largest absolute Gasteiger partial charge is 0.416 e. The molecule has 0 atom stereocenters. The van der Waals surface area contributed by atoms with Gasteiger partial charge in [-0.25, -0.2) is 8.42 Å². The number of nitrogens with zero attached hydrogens (tertiary/aromatic N) is 2. The zero-order valence-corrected chi connectivity index (χ0v) is 16.1. The van der Waals surface area contributed by atoms with Crippen molar-refractivity contribution in [3.8, 4) is 0 Å². The Hall–Kier alpha value is -2.20. The third-order valence-corrected chi connectivity index (χ3v) is 6.23. The van der Waals surface area contributed by atoms with Crippen molar-refractivity contribution in [2.45, 2.75) is 23.4 Å². The molecule has 0 amide bonds. The van der Waals surface area contributed by atoms with E-state index < -0.39 is 32.2 Å². The second-order valence-electron chi connectivity index (χ2n) is 6.73. The highest BCUT2D eigenvalue weighted by Crippen LogP contribution is 2.31. The first kappa shape index (κ1) is 21.5. The van der Waals surface area contributed by atoms with Crippen LogP contribution in [0.1, 0.15) is 11.1 Å². The Morgan fingerprint density at radius 2 is 1.48 bits per heavy atom. The van der Waals surface area contributed by atoms with Gasteiger partial charge in [-0.2, -0.15) is 22.0 Å². The molecule has 0 spiro atoms. The van der Waals surface area contributed by atoms with Crippen LogP contribution >= 0.6 is 0 Å². The fraction of sp³-hybridized carbons (Fsp3) is 0.368. The van der Waals surface area contributed by atoms with E-state index in [4.69, 9.17) is 0 Å². The summed E-state index contributed by atoms with van der Waals surface area (Å²) in [6.07, 6.45) is -4.38. The third kappa shape index (κ3) is 4.87. The smallest absolute Gasteiger partial charge is 0.368 e. The number of para-hydroxylation sites is 1. The van der Waals surface area contributed by atoms with Gasteiger partial charge in [-0.15, -0.1) is 0 Å². The Kier molecular flexibility index (Phi) is 6.13. The SMILES string of the molecule is O=S(=O)(c1ccccc1N1CCN(Cc2ccc(C(F)(F)F)cc2)CC1)C(F)F. The number of anilines is 1. The molecule has 4 nitrogen and oxygen atoms in total. The first-order chi connectivity index (χ1) is 13.6. The summed E-state index contributed by atoms with van der Waals surface area (Å²) in [7, 11) is -4.72. The van der Waals surface area contributed by atoms with E-state index >= 15 is 0 Å². The lowest BCUT2D eigenvalue weighted by atomic mass is 10.1. The molecule has 1 aliphatic heterocycles. The van der Waals surface area contributed by atoms with Gasteiger partial charge < -0.3 is 4.90 Å². The molecule has 29 heavy (non-hydrogen) atoms. The van der Waals surface area contributed by atoms with Gasteiger partial charge >= 0.3 is 11.9 Å². The Morgan fingerprint density at radius 1 is 0.897 bits per heavy atom. The second-order valence-corrected chi connectivity index (χ2v) is 8.62. The number of piperazine rings is 1. The molecule has 0 aliphatic carbocycles. The molecule has 0 N–H and O–H groups in total. The monoisotopic (exact) mass is 434 g/mol. The van der Waals surface area contributed by atoms with Crippen LogP contribution in [0.25, 0.3) is 0 Å². The fourth-order valence-electron chi connectivity index (χ4n) is 3.26. The summed E-state index contributed by atoms with van der Waals surface area (Å²) in [4.78, 5) is 3.35. The highest BCUT2D eigenvalue weighted by atomic mass is 32.2. The van der Waals surface area contributed by atoms with Crippen LogP contribution < -0.4 is 4.90 Å². The van der Waals surface area contributed by atoms with E-state index in [9.17, 15) is 30.4 Å². The first-order valence-electron chi connectivity index (χ1n) is 8.83. The van der Waals surface area contributed by atoms with Gasteiger partial charge in [0.15, 0.2) is 0 Å². The minimum absolute atomic E-state index is 0.238. The van der Waals surface area contributed by atoms with Crippen molar-refractivity contribution in [3.05, 3.63) is 59.7 Å². The van der Waals surface area contributed by atoms with E-state index in [0.29, 0.717) is 32.7 Å². The molecule has 0 bridgehead atoms. The molecule has 158 valence electrons. The maximum atomic E-state index is 13.0. The summed E-state index contributed by atoms with van der Waals surface area (Å²) < 4.78 is 87.7. The van der Waals surface area contributed by atoms with Crippen molar-refractivity contribution in [2.24, 2.45) is 0 Å². The summed E-state index contributed by atoms with van der Waals surface area (Å²) in [6, 6.07) is 10.6. The van der Waals surface area contributed by atoms with Gasteiger partial charge in [0.1, 0.15) is 0 Å². The molecule has 3 rings (SSSR count). The average molecular weight is 434 g/mol. The van der Waals surface area contributed by atoms with Crippen LogP contribution in [0, 0.1) is 0 Å². The van der Waals surface area contributed by atoms with E-state index in [0.717, 1.165) is 17.7 Å². The zero-order valence-electron chi connectivity index (χ0n) is 15.2. The molecule has 1 saturated heterocycles. The highest BCUT2D eigenvalue weighted by molar-refractivity contribution is 7.91. The van der Waals surface area contributed by atoms with Crippen LogP contribution in [0.2, 0.25) is 0 Å². The maximum absolute atomic E-state index is 13.0. The molecule has 0 saturated carbocycles. The molecule has 0 aromatic heterocycles. The molecule has 1 fully saturated rings. The number of halogens is 5. The highest BCUT2D eigenvalue weighted by Gasteiger charge is 2.32. The van der Waals surface area contributed by atoms with Crippen molar-refractivity contribution in [1.29, 1.82) is 0 Å². The van der Waals surface area contributed by atoms with Crippen LogP contribution in [0.4, 0.5) is 27.6 Å². The summed E-state index contributed by atoms with van der Waals surface area (Å²) in [5.41, 5.74) is 0.261. The van der Waals surface area contributed by atoms with Crippen LogP contribution in [0.15, 0.2) is 53.4 Å². The van der Waals surface area contributed by atoms with E-state index in [1.54, 1.807) is 11.0 Å². The third-order valence-electron chi connectivity index (χ3n) is 4.81. The summed E-state index contributed by atoms with van der Waals surface area (Å²) in [6.45, 7) is 2.31. The van der Waals surface area contributed by atoms with Gasteiger partial charge in [-0.05, 0) is 29.8 Å². The summed E-state index contributed by atoms with van der Waals surface area (Å²) in [5.74, 6) is -3.50. The molecular weight excluding hydrogens is 415 g/mol. The molecule has 2 aromatic carbocycles. The molecule has 10 heteroatoms. The Bertz CT molecular complexity index is 938. The van der Waals surface area contributed by atoms with Gasteiger partial charge in [-0.3, -0.25) is 4.90 Å². The predicted molar refractivity (Wildman–Crippen MR) is 98.6 cm³/mol. The van der Waals surface area contributed by atoms with Gasteiger partial charge in [-0.1, -0.05) is 24.3 Å². The van der Waals surface area contributed by atoms with Gasteiger partial charge in [0.25, 0.3) is 0 Å². The van der Waals surface area contributed by atoms with Crippen molar-refractivity contribution >= 4 is 15.5 Å². The number of hydrogen-bond acceptors (Lipinski definition) is 4. The van der Waals surface area contributed by atoms with Crippen molar-refractivity contribution in [1.82, 2.24) is 4.90 Å². The molecule has 0 unspecified atom stereocenters. The second kappa shape index (κ2) is 8.27. The minimum Gasteiger partial charge on any atom is -0.368 e. The summed E-state index contributed by atoms with van der Waals surface area (Å²) >= 11 is 0. The standard InChI is InChI=1S/C19H19F5N2O2S/c20-18(21)29(27,28)17-4-2-1-3-16(17)26-11-9-25(10-12-26)13-14-5-7-15(8-6-14)19(22,23)24/h1-8,18H,9-13H2.